The van der Waals surface area contributed by atoms with Crippen molar-refractivity contribution in [2.45, 2.75) is 66.4 Å². The fourth-order valence-corrected chi connectivity index (χ4v) is 1.55. The smallest absolute Gasteiger partial charge is 0.306 e. The Labute approximate surface area is 116 Å². The maximum atomic E-state index is 11.6. The van der Waals surface area contributed by atoms with Crippen LogP contribution in [0.5, 0.6) is 0 Å². The molecule has 2 atom stereocenters. The van der Waals surface area contributed by atoms with E-state index in [1.54, 1.807) is 0 Å². The molecular weight excluding hydrogens is 244 g/mol. The lowest BCUT2D eigenvalue weighted by Crippen LogP contribution is -2.23. The Balaban J connectivity index is 3.86. The Kier molecular flexibility index (Phi) is 9.27. The van der Waals surface area contributed by atoms with Gasteiger partial charge in [0, 0.05) is 0 Å². The van der Waals surface area contributed by atoms with Gasteiger partial charge in [0.05, 0.1) is 19.4 Å². The fourth-order valence-electron chi connectivity index (χ4n) is 1.55. The van der Waals surface area contributed by atoms with Crippen LogP contribution >= 0.6 is 0 Å². The SMILES string of the molecule is CCC(C)COC(=O)CCC(=O)OC(CC)C(C)C. The minimum atomic E-state index is -0.324. The van der Waals surface area contributed by atoms with E-state index in [1.165, 1.54) is 0 Å². The molecule has 0 radical (unpaired) electrons. The number of rotatable bonds is 9. The molecule has 2 unspecified atom stereocenters. The highest BCUT2D eigenvalue weighted by Crippen LogP contribution is 2.12. The normalized spacial score (nSPS) is 14.0. The molecule has 0 fully saturated rings. The monoisotopic (exact) mass is 272 g/mol. The van der Waals surface area contributed by atoms with Crippen molar-refractivity contribution in [2.75, 3.05) is 6.61 Å². The van der Waals surface area contributed by atoms with Crippen molar-refractivity contribution in [1.82, 2.24) is 0 Å². The minimum Gasteiger partial charge on any atom is -0.465 e. The van der Waals surface area contributed by atoms with E-state index in [4.69, 9.17) is 9.47 Å². The molecule has 4 heteroatoms. The van der Waals surface area contributed by atoms with E-state index < -0.39 is 0 Å². The summed E-state index contributed by atoms with van der Waals surface area (Å²) in [6, 6.07) is 0. The summed E-state index contributed by atoms with van der Waals surface area (Å²) < 4.78 is 10.4. The first-order valence-electron chi connectivity index (χ1n) is 7.25. The molecule has 0 amide bonds. The second-order valence-electron chi connectivity index (χ2n) is 5.38. The molecule has 0 N–H and O–H groups in total. The number of carbonyl (C=O) groups is 2. The minimum absolute atomic E-state index is 0.0661. The van der Waals surface area contributed by atoms with Gasteiger partial charge in [-0.3, -0.25) is 9.59 Å². The number of esters is 2. The second-order valence-corrected chi connectivity index (χ2v) is 5.38. The Morgan fingerprint density at radius 1 is 0.947 bits per heavy atom. The van der Waals surface area contributed by atoms with Crippen LogP contribution < -0.4 is 0 Å². The van der Waals surface area contributed by atoms with E-state index in [0.29, 0.717) is 18.4 Å². The molecule has 4 nitrogen and oxygen atoms in total. The first-order chi connectivity index (χ1) is 8.90. The molecule has 0 aromatic heterocycles. The van der Waals surface area contributed by atoms with Crippen LogP contribution in [0.4, 0.5) is 0 Å². The zero-order valence-corrected chi connectivity index (χ0v) is 12.9. The molecule has 0 aromatic rings. The molecule has 0 rings (SSSR count). The molecule has 0 saturated carbocycles. The van der Waals surface area contributed by atoms with Crippen molar-refractivity contribution in [3.8, 4) is 0 Å². The van der Waals surface area contributed by atoms with E-state index in [0.717, 1.165) is 12.8 Å². The van der Waals surface area contributed by atoms with Crippen molar-refractivity contribution in [1.29, 1.82) is 0 Å². The van der Waals surface area contributed by atoms with Crippen LogP contribution in [0.1, 0.15) is 60.3 Å². The summed E-state index contributed by atoms with van der Waals surface area (Å²) in [5.41, 5.74) is 0. The molecular formula is C15H28O4. The maximum absolute atomic E-state index is 11.6. The lowest BCUT2D eigenvalue weighted by molar-refractivity contribution is -0.155. The lowest BCUT2D eigenvalue weighted by atomic mass is 10.1. The molecule has 0 aliphatic carbocycles. The number of hydrogen-bond donors (Lipinski definition) is 0. The van der Waals surface area contributed by atoms with Gasteiger partial charge in [-0.15, -0.1) is 0 Å². The van der Waals surface area contributed by atoms with Gasteiger partial charge in [0.25, 0.3) is 0 Å². The number of hydrogen-bond acceptors (Lipinski definition) is 4. The molecule has 0 bridgehead atoms. The van der Waals surface area contributed by atoms with Crippen molar-refractivity contribution in [3.63, 3.8) is 0 Å². The zero-order valence-electron chi connectivity index (χ0n) is 12.9. The number of ether oxygens (including phenoxy) is 2. The molecule has 0 aliphatic rings. The molecule has 19 heavy (non-hydrogen) atoms. The highest BCUT2D eigenvalue weighted by molar-refractivity contribution is 5.77. The van der Waals surface area contributed by atoms with Crippen molar-refractivity contribution in [3.05, 3.63) is 0 Å². The van der Waals surface area contributed by atoms with Gasteiger partial charge in [-0.25, -0.2) is 0 Å². The average Bonchev–Trinajstić information content (AvgIpc) is 2.39. The second kappa shape index (κ2) is 9.82. The summed E-state index contributed by atoms with van der Waals surface area (Å²) in [7, 11) is 0. The Morgan fingerprint density at radius 2 is 1.53 bits per heavy atom. The standard InChI is InChI=1S/C15H28O4/c1-6-12(5)10-18-14(16)8-9-15(17)19-13(7-2)11(3)4/h11-13H,6-10H2,1-5H3. The van der Waals surface area contributed by atoms with Crippen molar-refractivity contribution in [2.24, 2.45) is 11.8 Å². The summed E-state index contributed by atoms with van der Waals surface area (Å²) in [5.74, 6) is 0.0171. The largest absolute Gasteiger partial charge is 0.465 e. The van der Waals surface area contributed by atoms with Gasteiger partial charge in [-0.05, 0) is 18.3 Å². The van der Waals surface area contributed by atoms with Crippen LogP contribution in [-0.2, 0) is 19.1 Å². The van der Waals surface area contributed by atoms with Gasteiger partial charge in [-0.1, -0.05) is 41.0 Å². The van der Waals surface area contributed by atoms with Gasteiger partial charge in [0.2, 0.25) is 0 Å². The fraction of sp³-hybridized carbons (Fsp3) is 0.867. The van der Waals surface area contributed by atoms with E-state index in [1.807, 2.05) is 34.6 Å². The quantitative estimate of drug-likeness (QED) is 0.604. The summed E-state index contributed by atoms with van der Waals surface area (Å²) >= 11 is 0. The Bertz CT molecular complexity index is 273. The van der Waals surface area contributed by atoms with Crippen LogP contribution in [0.2, 0.25) is 0 Å². The van der Waals surface area contributed by atoms with E-state index in [-0.39, 0.29) is 30.9 Å². The first kappa shape index (κ1) is 17.9. The third-order valence-corrected chi connectivity index (χ3v) is 3.19. The first-order valence-corrected chi connectivity index (χ1v) is 7.25. The molecule has 0 spiro atoms. The highest BCUT2D eigenvalue weighted by atomic mass is 16.5. The van der Waals surface area contributed by atoms with Gasteiger partial charge < -0.3 is 9.47 Å². The van der Waals surface area contributed by atoms with Gasteiger partial charge in [-0.2, -0.15) is 0 Å². The molecule has 0 aromatic carbocycles. The van der Waals surface area contributed by atoms with Crippen LogP contribution in [0.15, 0.2) is 0 Å². The Morgan fingerprint density at radius 3 is 2.00 bits per heavy atom. The van der Waals surface area contributed by atoms with Crippen molar-refractivity contribution < 1.29 is 19.1 Å². The number of carbonyl (C=O) groups excluding carboxylic acids is 2. The summed E-state index contributed by atoms with van der Waals surface area (Å²) in [6.45, 7) is 10.5. The van der Waals surface area contributed by atoms with Gasteiger partial charge in [0.15, 0.2) is 0 Å². The maximum Gasteiger partial charge on any atom is 0.306 e. The molecule has 0 heterocycles. The molecule has 0 saturated heterocycles. The average molecular weight is 272 g/mol. The topological polar surface area (TPSA) is 52.6 Å². The summed E-state index contributed by atoms with van der Waals surface area (Å²) in [4.78, 5) is 23.0. The van der Waals surface area contributed by atoms with Crippen LogP contribution in [0, 0.1) is 11.8 Å². The third-order valence-electron chi connectivity index (χ3n) is 3.19. The van der Waals surface area contributed by atoms with Gasteiger partial charge >= 0.3 is 11.9 Å². The predicted octanol–water partition coefficient (Wildman–Crippen LogP) is 3.33. The summed E-state index contributed by atoms with van der Waals surface area (Å²) in [6.07, 6.45) is 1.90. The Hall–Kier alpha value is -1.06. The van der Waals surface area contributed by atoms with Crippen LogP contribution in [-0.4, -0.2) is 24.6 Å². The van der Waals surface area contributed by atoms with Crippen LogP contribution in [0.3, 0.4) is 0 Å². The molecule has 112 valence electrons. The summed E-state index contributed by atoms with van der Waals surface area (Å²) in [5, 5.41) is 0. The lowest BCUT2D eigenvalue weighted by Gasteiger charge is -2.19. The predicted molar refractivity (Wildman–Crippen MR) is 74.7 cm³/mol. The highest BCUT2D eigenvalue weighted by Gasteiger charge is 2.17. The van der Waals surface area contributed by atoms with Crippen molar-refractivity contribution >= 4 is 11.9 Å². The third kappa shape index (κ3) is 8.62. The zero-order chi connectivity index (χ0) is 14.8. The van der Waals surface area contributed by atoms with E-state index in [9.17, 15) is 9.59 Å². The van der Waals surface area contributed by atoms with Gasteiger partial charge in [0.1, 0.15) is 6.10 Å². The van der Waals surface area contributed by atoms with Crippen LogP contribution in [0.25, 0.3) is 0 Å². The van der Waals surface area contributed by atoms with E-state index in [2.05, 4.69) is 0 Å². The molecule has 0 aliphatic heterocycles. The van der Waals surface area contributed by atoms with E-state index >= 15 is 0 Å².